The fraction of sp³-hybridized carbons (Fsp3) is 0.600. The Hall–Kier alpha value is -0.340. The lowest BCUT2D eigenvalue weighted by Crippen LogP contribution is -2.19. The summed E-state index contributed by atoms with van der Waals surface area (Å²) in [5.74, 6) is 0. The largest absolute Gasteiger partial charge is 0.378 e. The maximum absolute atomic E-state index is 5.76. The van der Waals surface area contributed by atoms with E-state index in [0.717, 1.165) is 13.0 Å². The lowest BCUT2D eigenvalue weighted by Gasteiger charge is -2.23. The van der Waals surface area contributed by atoms with Crippen molar-refractivity contribution in [2.45, 2.75) is 50.0 Å². The van der Waals surface area contributed by atoms with E-state index in [-0.39, 0.29) is 0 Å². The summed E-state index contributed by atoms with van der Waals surface area (Å²) in [5.41, 5.74) is 2.70. The van der Waals surface area contributed by atoms with Gasteiger partial charge in [-0.15, -0.1) is 0 Å². The minimum atomic E-state index is 0.466. The van der Waals surface area contributed by atoms with Gasteiger partial charge in [0.25, 0.3) is 0 Å². The monoisotopic (exact) mass is 296 g/mol. The van der Waals surface area contributed by atoms with Gasteiger partial charge in [0.05, 0.1) is 6.10 Å². The Labute approximate surface area is 113 Å². The number of rotatable bonds is 4. The summed E-state index contributed by atoms with van der Waals surface area (Å²) in [6.07, 6.45) is 6.65. The molecule has 17 heavy (non-hydrogen) atoms. The van der Waals surface area contributed by atoms with Crippen LogP contribution in [0.5, 0.6) is 0 Å². The van der Waals surface area contributed by atoms with Crippen LogP contribution in [0.2, 0.25) is 0 Å². The minimum absolute atomic E-state index is 0.466. The van der Waals surface area contributed by atoms with Crippen LogP contribution in [0, 0.1) is 6.92 Å². The summed E-state index contributed by atoms with van der Waals surface area (Å²) in [4.78, 5) is 0.466. The number of hydrogen-bond donors (Lipinski definition) is 0. The number of hydrogen-bond acceptors (Lipinski definition) is 1. The minimum Gasteiger partial charge on any atom is -0.378 e. The van der Waals surface area contributed by atoms with Crippen LogP contribution in [0.4, 0.5) is 0 Å². The third kappa shape index (κ3) is 4.11. The normalized spacial score (nSPS) is 22.4. The molecule has 0 radical (unpaired) electrons. The summed E-state index contributed by atoms with van der Waals surface area (Å²) in [6.45, 7) is 3.09. The average Bonchev–Trinajstić information content (AvgIpc) is 2.38. The van der Waals surface area contributed by atoms with E-state index in [0.29, 0.717) is 10.9 Å². The number of benzene rings is 1. The molecule has 1 heterocycles. The molecule has 0 aromatic heterocycles. The number of halogens is 1. The van der Waals surface area contributed by atoms with Crippen molar-refractivity contribution in [2.24, 2.45) is 0 Å². The molecule has 0 spiro atoms. The third-order valence-electron chi connectivity index (χ3n) is 3.46. The maximum Gasteiger partial charge on any atom is 0.0575 e. The van der Waals surface area contributed by atoms with Crippen molar-refractivity contribution in [3.8, 4) is 0 Å². The molecule has 2 unspecified atom stereocenters. The van der Waals surface area contributed by atoms with Crippen LogP contribution in [0.3, 0.4) is 0 Å². The van der Waals surface area contributed by atoms with E-state index in [9.17, 15) is 0 Å². The van der Waals surface area contributed by atoms with E-state index in [1.165, 1.54) is 36.8 Å². The molecule has 1 aromatic rings. The molecule has 2 atom stereocenters. The third-order valence-corrected chi connectivity index (χ3v) is 4.44. The molecule has 2 heteroatoms. The predicted molar refractivity (Wildman–Crippen MR) is 75.7 cm³/mol. The van der Waals surface area contributed by atoms with Crippen molar-refractivity contribution >= 4 is 15.9 Å². The van der Waals surface area contributed by atoms with Gasteiger partial charge in [-0.2, -0.15) is 0 Å². The predicted octanol–water partition coefficient (Wildman–Crippen LogP) is 4.78. The molecule has 0 N–H and O–H groups in total. The van der Waals surface area contributed by atoms with Gasteiger partial charge in [0.2, 0.25) is 0 Å². The van der Waals surface area contributed by atoms with Crippen molar-refractivity contribution in [2.75, 3.05) is 6.61 Å². The van der Waals surface area contributed by atoms with Gasteiger partial charge in [-0.1, -0.05) is 45.8 Å². The highest BCUT2D eigenvalue weighted by molar-refractivity contribution is 9.09. The summed E-state index contributed by atoms with van der Waals surface area (Å²) in [5, 5.41) is 0. The highest BCUT2D eigenvalue weighted by atomic mass is 79.9. The second-order valence-corrected chi connectivity index (χ2v) is 6.05. The molecule has 0 saturated carbocycles. The van der Waals surface area contributed by atoms with Crippen LogP contribution >= 0.6 is 15.9 Å². The Kier molecular flexibility index (Phi) is 5.05. The first-order chi connectivity index (χ1) is 8.25. The van der Waals surface area contributed by atoms with Crippen LogP contribution < -0.4 is 0 Å². The summed E-state index contributed by atoms with van der Waals surface area (Å²) in [6, 6.07) is 8.80. The molecule has 1 aliphatic rings. The molecule has 0 aliphatic carbocycles. The van der Waals surface area contributed by atoms with E-state index in [2.05, 4.69) is 47.1 Å². The summed E-state index contributed by atoms with van der Waals surface area (Å²) in [7, 11) is 0. The Balaban J connectivity index is 1.80. The molecule has 1 saturated heterocycles. The zero-order chi connectivity index (χ0) is 12.1. The van der Waals surface area contributed by atoms with Crippen molar-refractivity contribution in [1.29, 1.82) is 0 Å². The molecule has 1 nitrogen and oxygen atoms in total. The van der Waals surface area contributed by atoms with E-state index < -0.39 is 0 Å². The highest BCUT2D eigenvalue weighted by Gasteiger charge is 2.16. The van der Waals surface area contributed by atoms with Crippen molar-refractivity contribution in [3.63, 3.8) is 0 Å². The highest BCUT2D eigenvalue weighted by Crippen LogP contribution is 2.30. The van der Waals surface area contributed by atoms with Crippen LogP contribution in [-0.4, -0.2) is 12.7 Å². The molecular formula is C15H21BrO. The second kappa shape index (κ2) is 6.55. The van der Waals surface area contributed by atoms with Crippen molar-refractivity contribution in [3.05, 3.63) is 35.4 Å². The Bertz CT molecular complexity index is 327. The number of aryl methyl sites for hydroxylation is 1. The maximum atomic E-state index is 5.76. The molecule has 0 bridgehead atoms. The SMILES string of the molecule is Cc1ccc(C(Br)CCC2CCCCO2)cc1. The van der Waals surface area contributed by atoms with Crippen LogP contribution in [0.1, 0.15) is 48.1 Å². The fourth-order valence-corrected chi connectivity index (χ4v) is 2.88. The van der Waals surface area contributed by atoms with E-state index in [1.54, 1.807) is 0 Å². The zero-order valence-corrected chi connectivity index (χ0v) is 12.1. The quantitative estimate of drug-likeness (QED) is 0.727. The topological polar surface area (TPSA) is 9.23 Å². The zero-order valence-electron chi connectivity index (χ0n) is 10.5. The lowest BCUT2D eigenvalue weighted by atomic mass is 10.0. The molecule has 0 amide bonds. The summed E-state index contributed by atoms with van der Waals surface area (Å²) < 4.78 is 5.76. The molecule has 1 fully saturated rings. The van der Waals surface area contributed by atoms with Gasteiger partial charge in [-0.25, -0.2) is 0 Å². The second-order valence-electron chi connectivity index (χ2n) is 4.94. The van der Waals surface area contributed by atoms with Gasteiger partial charge in [0.1, 0.15) is 0 Å². The smallest absolute Gasteiger partial charge is 0.0575 e. The lowest BCUT2D eigenvalue weighted by molar-refractivity contribution is 0.0102. The average molecular weight is 297 g/mol. The summed E-state index contributed by atoms with van der Waals surface area (Å²) >= 11 is 3.78. The first-order valence-electron chi connectivity index (χ1n) is 6.58. The van der Waals surface area contributed by atoms with Gasteiger partial charge in [0.15, 0.2) is 0 Å². The Morgan fingerprint density at radius 3 is 2.71 bits per heavy atom. The molecule has 2 rings (SSSR count). The molecule has 1 aromatic carbocycles. The first-order valence-corrected chi connectivity index (χ1v) is 7.49. The van der Waals surface area contributed by atoms with Gasteiger partial charge in [-0.3, -0.25) is 0 Å². The Morgan fingerprint density at radius 2 is 2.06 bits per heavy atom. The van der Waals surface area contributed by atoms with Crippen molar-refractivity contribution in [1.82, 2.24) is 0 Å². The van der Waals surface area contributed by atoms with E-state index in [4.69, 9.17) is 4.74 Å². The number of ether oxygens (including phenoxy) is 1. The first kappa shape index (κ1) is 13.1. The van der Waals surface area contributed by atoms with Crippen LogP contribution in [-0.2, 0) is 4.74 Å². The molecule has 94 valence electrons. The van der Waals surface area contributed by atoms with Crippen molar-refractivity contribution < 1.29 is 4.74 Å². The van der Waals surface area contributed by atoms with Gasteiger partial charge < -0.3 is 4.74 Å². The van der Waals surface area contributed by atoms with Gasteiger partial charge in [-0.05, 0) is 44.6 Å². The van der Waals surface area contributed by atoms with Gasteiger partial charge in [0, 0.05) is 11.4 Å². The molecule has 1 aliphatic heterocycles. The molecular weight excluding hydrogens is 276 g/mol. The number of alkyl halides is 1. The standard InChI is InChI=1S/C15H21BrO/c1-12-5-7-13(8-6-12)15(16)10-9-14-4-2-3-11-17-14/h5-8,14-15H,2-4,9-11H2,1H3. The van der Waals surface area contributed by atoms with Crippen LogP contribution in [0.25, 0.3) is 0 Å². The van der Waals surface area contributed by atoms with E-state index in [1.807, 2.05) is 0 Å². The van der Waals surface area contributed by atoms with Crippen LogP contribution in [0.15, 0.2) is 24.3 Å². The fourth-order valence-electron chi connectivity index (χ4n) is 2.31. The van der Waals surface area contributed by atoms with Gasteiger partial charge >= 0.3 is 0 Å². The van der Waals surface area contributed by atoms with E-state index >= 15 is 0 Å². The Morgan fingerprint density at radius 1 is 1.29 bits per heavy atom.